The molecule has 1 aromatic rings. The van der Waals surface area contributed by atoms with Crippen LogP contribution in [-0.4, -0.2) is 11.3 Å². The van der Waals surface area contributed by atoms with Gasteiger partial charge in [0.05, 0.1) is 0 Å². The summed E-state index contributed by atoms with van der Waals surface area (Å²) in [4.78, 5) is 0. The Kier molecular flexibility index (Phi) is 4.38. The SMILES string of the molecule is CCCCP(=O)(c1ccccc1)C(C)(C)C. The van der Waals surface area contributed by atoms with Crippen molar-refractivity contribution >= 4 is 12.4 Å². The van der Waals surface area contributed by atoms with Crippen LogP contribution in [0.4, 0.5) is 0 Å². The minimum absolute atomic E-state index is 0.135. The summed E-state index contributed by atoms with van der Waals surface area (Å²) >= 11 is 0. The standard InChI is InChI=1S/C14H23OP/c1-5-6-12-16(15,14(2,3)4)13-10-8-7-9-11-13/h7-11H,5-6,12H2,1-4H3. The van der Waals surface area contributed by atoms with Gasteiger partial charge in [0.2, 0.25) is 0 Å². The van der Waals surface area contributed by atoms with Crippen molar-refractivity contribution in [1.29, 1.82) is 0 Å². The molecule has 0 aliphatic heterocycles. The first-order valence-corrected chi connectivity index (χ1v) is 7.96. The monoisotopic (exact) mass is 238 g/mol. The number of hydrogen-bond donors (Lipinski definition) is 0. The molecule has 0 aliphatic rings. The van der Waals surface area contributed by atoms with Crippen molar-refractivity contribution in [3.05, 3.63) is 30.3 Å². The summed E-state index contributed by atoms with van der Waals surface area (Å²) in [6.07, 6.45) is 2.98. The molecule has 0 fully saturated rings. The smallest absolute Gasteiger partial charge is 0.120 e. The molecule has 0 saturated heterocycles. The Morgan fingerprint density at radius 1 is 1.12 bits per heavy atom. The molecule has 90 valence electrons. The van der Waals surface area contributed by atoms with Gasteiger partial charge in [0.25, 0.3) is 0 Å². The molecule has 0 aliphatic carbocycles. The van der Waals surface area contributed by atoms with E-state index in [1.807, 2.05) is 30.3 Å². The lowest BCUT2D eigenvalue weighted by molar-refractivity contribution is 0.553. The van der Waals surface area contributed by atoms with Crippen molar-refractivity contribution in [2.45, 2.75) is 45.7 Å². The van der Waals surface area contributed by atoms with E-state index < -0.39 is 7.14 Å². The Balaban J connectivity index is 3.11. The number of benzene rings is 1. The molecule has 0 amide bonds. The van der Waals surface area contributed by atoms with Crippen molar-refractivity contribution in [1.82, 2.24) is 0 Å². The van der Waals surface area contributed by atoms with E-state index in [9.17, 15) is 4.57 Å². The zero-order valence-corrected chi connectivity index (χ0v) is 11.8. The Bertz CT molecular complexity index is 362. The second-order valence-electron chi connectivity index (χ2n) is 5.32. The van der Waals surface area contributed by atoms with Crippen LogP contribution in [0.5, 0.6) is 0 Å². The van der Waals surface area contributed by atoms with Gasteiger partial charge in [-0.2, -0.15) is 0 Å². The Morgan fingerprint density at radius 2 is 1.69 bits per heavy atom. The molecule has 1 atom stereocenters. The zero-order chi connectivity index (χ0) is 12.2. The predicted octanol–water partition coefficient (Wildman–Crippen LogP) is 4.27. The molecule has 0 spiro atoms. The maximum atomic E-state index is 13.2. The number of rotatable bonds is 4. The molecule has 2 heteroatoms. The molecule has 0 saturated carbocycles. The van der Waals surface area contributed by atoms with Crippen molar-refractivity contribution in [2.75, 3.05) is 6.16 Å². The fourth-order valence-electron chi connectivity index (χ4n) is 1.90. The van der Waals surface area contributed by atoms with Crippen LogP contribution < -0.4 is 5.30 Å². The molecule has 1 aromatic carbocycles. The van der Waals surface area contributed by atoms with Gasteiger partial charge in [0, 0.05) is 16.6 Å². The van der Waals surface area contributed by atoms with Crippen molar-refractivity contribution in [2.24, 2.45) is 0 Å². The average Bonchev–Trinajstić information content (AvgIpc) is 2.25. The van der Waals surface area contributed by atoms with Crippen LogP contribution in [0.15, 0.2) is 30.3 Å². The number of unbranched alkanes of at least 4 members (excludes halogenated alkanes) is 1. The van der Waals surface area contributed by atoms with Crippen LogP contribution in [0.3, 0.4) is 0 Å². The van der Waals surface area contributed by atoms with E-state index in [0.29, 0.717) is 0 Å². The Hall–Kier alpha value is -0.550. The predicted molar refractivity (Wildman–Crippen MR) is 73.2 cm³/mol. The van der Waals surface area contributed by atoms with Gasteiger partial charge < -0.3 is 4.57 Å². The van der Waals surface area contributed by atoms with Gasteiger partial charge in [-0.15, -0.1) is 0 Å². The molecular weight excluding hydrogens is 215 g/mol. The van der Waals surface area contributed by atoms with Gasteiger partial charge in [-0.25, -0.2) is 0 Å². The lowest BCUT2D eigenvalue weighted by atomic mass is 10.3. The highest BCUT2D eigenvalue weighted by Crippen LogP contribution is 2.57. The zero-order valence-electron chi connectivity index (χ0n) is 10.9. The van der Waals surface area contributed by atoms with Crippen molar-refractivity contribution in [3.63, 3.8) is 0 Å². The van der Waals surface area contributed by atoms with Gasteiger partial charge >= 0.3 is 0 Å². The van der Waals surface area contributed by atoms with Crippen LogP contribution in [-0.2, 0) is 4.57 Å². The van der Waals surface area contributed by atoms with Gasteiger partial charge in [-0.3, -0.25) is 0 Å². The minimum Gasteiger partial charge on any atom is -0.318 e. The Morgan fingerprint density at radius 3 is 2.12 bits per heavy atom. The van der Waals surface area contributed by atoms with Crippen LogP contribution in [0.25, 0.3) is 0 Å². The second-order valence-corrected chi connectivity index (χ2v) is 9.11. The first-order chi connectivity index (χ1) is 7.42. The van der Waals surface area contributed by atoms with Gasteiger partial charge in [-0.1, -0.05) is 64.4 Å². The van der Waals surface area contributed by atoms with E-state index in [-0.39, 0.29) is 5.16 Å². The van der Waals surface area contributed by atoms with Crippen LogP contribution in [0.2, 0.25) is 0 Å². The van der Waals surface area contributed by atoms with Gasteiger partial charge in [0.1, 0.15) is 7.14 Å². The first-order valence-electron chi connectivity index (χ1n) is 6.06. The molecule has 0 radical (unpaired) electrons. The second kappa shape index (κ2) is 5.19. The van der Waals surface area contributed by atoms with Crippen molar-refractivity contribution < 1.29 is 4.57 Å². The third kappa shape index (κ3) is 2.77. The van der Waals surface area contributed by atoms with E-state index in [1.165, 1.54) is 0 Å². The Labute approximate surface area is 99.6 Å². The van der Waals surface area contributed by atoms with E-state index in [4.69, 9.17) is 0 Å². The topological polar surface area (TPSA) is 17.1 Å². The third-order valence-electron chi connectivity index (χ3n) is 3.08. The number of hydrogen-bond acceptors (Lipinski definition) is 1. The first kappa shape index (κ1) is 13.5. The summed E-state index contributed by atoms with van der Waals surface area (Å²) in [5.74, 6) is 0. The molecule has 0 aromatic heterocycles. The molecule has 1 nitrogen and oxygen atoms in total. The lowest BCUT2D eigenvalue weighted by Gasteiger charge is -2.31. The van der Waals surface area contributed by atoms with Gasteiger partial charge in [-0.05, 0) is 6.42 Å². The van der Waals surface area contributed by atoms with Crippen LogP contribution in [0.1, 0.15) is 40.5 Å². The molecule has 1 rings (SSSR count). The summed E-state index contributed by atoms with van der Waals surface area (Å²) < 4.78 is 13.2. The fraction of sp³-hybridized carbons (Fsp3) is 0.571. The van der Waals surface area contributed by atoms with Crippen LogP contribution in [0, 0.1) is 0 Å². The van der Waals surface area contributed by atoms with E-state index >= 15 is 0 Å². The summed E-state index contributed by atoms with van der Waals surface area (Å²) in [5, 5.41) is 0.903. The summed E-state index contributed by atoms with van der Waals surface area (Å²) in [5.41, 5.74) is 0. The maximum absolute atomic E-state index is 13.2. The average molecular weight is 238 g/mol. The minimum atomic E-state index is -2.27. The van der Waals surface area contributed by atoms with E-state index in [1.54, 1.807) is 0 Å². The molecule has 0 heterocycles. The third-order valence-corrected chi connectivity index (χ3v) is 7.33. The molecular formula is C14H23OP. The summed E-state index contributed by atoms with van der Waals surface area (Å²) in [6.45, 7) is 8.43. The highest BCUT2D eigenvalue weighted by Gasteiger charge is 2.36. The van der Waals surface area contributed by atoms with E-state index in [0.717, 1.165) is 24.3 Å². The largest absolute Gasteiger partial charge is 0.318 e. The normalized spacial score (nSPS) is 15.8. The van der Waals surface area contributed by atoms with Gasteiger partial charge in [0.15, 0.2) is 0 Å². The summed E-state index contributed by atoms with van der Waals surface area (Å²) in [7, 11) is -2.27. The summed E-state index contributed by atoms with van der Waals surface area (Å²) in [6, 6.07) is 9.99. The fourth-order valence-corrected chi connectivity index (χ4v) is 5.02. The molecule has 16 heavy (non-hydrogen) atoms. The van der Waals surface area contributed by atoms with Crippen molar-refractivity contribution in [3.8, 4) is 0 Å². The van der Waals surface area contributed by atoms with E-state index in [2.05, 4.69) is 27.7 Å². The highest BCUT2D eigenvalue weighted by atomic mass is 31.2. The molecule has 0 bridgehead atoms. The lowest BCUT2D eigenvalue weighted by Crippen LogP contribution is -2.25. The highest BCUT2D eigenvalue weighted by molar-refractivity contribution is 7.73. The van der Waals surface area contributed by atoms with Crippen LogP contribution >= 0.6 is 7.14 Å². The quantitative estimate of drug-likeness (QED) is 0.716. The maximum Gasteiger partial charge on any atom is 0.120 e. The molecule has 1 unspecified atom stereocenters. The molecule has 0 N–H and O–H groups in total.